The quantitative estimate of drug-likeness (QED) is 0.351. The summed E-state index contributed by atoms with van der Waals surface area (Å²) in [6, 6.07) is 13.9. The Hall–Kier alpha value is -2.58. The Morgan fingerprint density at radius 3 is 2.67 bits per heavy atom. The second-order valence-electron chi connectivity index (χ2n) is 10.6. The van der Waals surface area contributed by atoms with E-state index in [9.17, 15) is 9.90 Å². The molecule has 1 amide bonds. The predicted molar refractivity (Wildman–Crippen MR) is 149 cm³/mol. The molecule has 3 aromatic rings. The van der Waals surface area contributed by atoms with Crippen molar-refractivity contribution in [3.05, 3.63) is 75.2 Å². The average Bonchev–Trinajstić information content (AvgIpc) is 3.29. The molecule has 40 heavy (non-hydrogen) atoms. The zero-order valence-corrected chi connectivity index (χ0v) is 24.7. The van der Waals surface area contributed by atoms with E-state index in [1.165, 1.54) is 0 Å². The first kappa shape index (κ1) is 28.9. The van der Waals surface area contributed by atoms with E-state index < -0.39 is 48.4 Å². The third-order valence-electron chi connectivity index (χ3n) is 6.35. The van der Waals surface area contributed by atoms with Crippen molar-refractivity contribution in [2.45, 2.75) is 70.0 Å². The maximum atomic E-state index is 12.5. The van der Waals surface area contributed by atoms with Gasteiger partial charge in [-0.2, -0.15) is 5.10 Å². The van der Waals surface area contributed by atoms with Crippen molar-refractivity contribution in [1.29, 1.82) is 0 Å². The van der Waals surface area contributed by atoms with Crippen LogP contribution < -0.4 is 10.9 Å². The van der Waals surface area contributed by atoms with Crippen LogP contribution in [-0.4, -0.2) is 62.5 Å². The van der Waals surface area contributed by atoms with Gasteiger partial charge in [-0.15, -0.1) is 0 Å². The van der Waals surface area contributed by atoms with Crippen molar-refractivity contribution in [1.82, 2.24) is 25.6 Å². The highest BCUT2D eigenvalue weighted by atomic mass is 79.9. The van der Waals surface area contributed by atoms with Gasteiger partial charge in [-0.25, -0.2) is 19.9 Å². The Morgan fingerprint density at radius 1 is 1.20 bits per heavy atom. The van der Waals surface area contributed by atoms with Crippen LogP contribution in [0, 0.1) is 6.92 Å². The number of aromatic nitrogens is 3. The SMILES string of the molecule is Cc1nc([C@@H]2OC3COC(c4ccccc4)O[C@@H]3C(NNC(=O)OC(C)(C)C)C2O)n(-c2cc(Cl)ccc2Br)n1. The molecule has 0 bridgehead atoms. The molecule has 0 radical (unpaired) electrons. The number of carbonyl (C=O) groups is 1. The Morgan fingerprint density at radius 2 is 1.95 bits per heavy atom. The summed E-state index contributed by atoms with van der Waals surface area (Å²) in [6.07, 6.45) is -4.89. The van der Waals surface area contributed by atoms with Gasteiger partial charge in [0.15, 0.2) is 12.1 Å². The fourth-order valence-electron chi connectivity index (χ4n) is 4.68. The monoisotopic (exact) mass is 635 g/mol. The third-order valence-corrected chi connectivity index (χ3v) is 7.26. The summed E-state index contributed by atoms with van der Waals surface area (Å²) in [6.45, 7) is 7.20. The standard InChI is InChI=1S/C27H31BrClN5O6/c1-14-30-24(34(33-14)18-12-16(29)10-11-17(18)28)23-21(35)20(31-32-26(36)40-27(2,3)4)22-19(38-23)13-37-25(39-22)15-8-6-5-7-9-15/h5-12,19-23,25,31,35H,13H2,1-4H3,(H,32,36)/t19?,20?,21?,22-,23+,25?/m0/s1. The van der Waals surface area contributed by atoms with Crippen LogP contribution in [0.1, 0.15) is 50.4 Å². The van der Waals surface area contributed by atoms with Gasteiger partial charge in [0.2, 0.25) is 0 Å². The van der Waals surface area contributed by atoms with Crippen molar-refractivity contribution < 1.29 is 28.8 Å². The molecular formula is C27H31BrClN5O6. The number of carbonyl (C=O) groups excluding carboxylic acids is 1. The van der Waals surface area contributed by atoms with E-state index >= 15 is 0 Å². The molecule has 2 aliphatic rings. The first-order chi connectivity index (χ1) is 19.0. The van der Waals surface area contributed by atoms with Gasteiger partial charge in [-0.3, -0.25) is 5.43 Å². The Balaban J connectivity index is 1.47. The number of fused-ring (bicyclic) bond motifs is 1. The summed E-state index contributed by atoms with van der Waals surface area (Å²) in [5, 5.41) is 16.8. The summed E-state index contributed by atoms with van der Waals surface area (Å²) < 4.78 is 26.4. The lowest BCUT2D eigenvalue weighted by Gasteiger charge is -2.48. The largest absolute Gasteiger partial charge is 0.443 e. The third kappa shape index (κ3) is 6.33. The van der Waals surface area contributed by atoms with Crippen LogP contribution in [0.5, 0.6) is 0 Å². The molecule has 214 valence electrons. The number of benzene rings is 2. The number of nitrogens with one attached hydrogen (secondary N) is 2. The molecule has 2 aromatic carbocycles. The minimum atomic E-state index is -1.23. The van der Waals surface area contributed by atoms with Gasteiger partial charge in [0, 0.05) is 15.1 Å². The van der Waals surface area contributed by atoms with E-state index in [-0.39, 0.29) is 6.61 Å². The molecule has 3 N–H and O–H groups in total. The van der Waals surface area contributed by atoms with Crippen LogP contribution >= 0.6 is 27.5 Å². The van der Waals surface area contributed by atoms with Crippen molar-refractivity contribution in [3.8, 4) is 5.69 Å². The molecule has 0 saturated carbocycles. The molecule has 11 nitrogen and oxygen atoms in total. The number of aryl methyl sites for hydroxylation is 1. The summed E-state index contributed by atoms with van der Waals surface area (Å²) in [4.78, 5) is 17.1. The number of hydrogen-bond acceptors (Lipinski definition) is 9. The molecular weight excluding hydrogens is 606 g/mol. The fraction of sp³-hybridized carbons (Fsp3) is 0.444. The van der Waals surface area contributed by atoms with E-state index in [4.69, 9.17) is 30.5 Å². The normalized spacial score (nSPS) is 26.7. The van der Waals surface area contributed by atoms with Crippen LogP contribution in [0.2, 0.25) is 5.02 Å². The molecule has 0 aliphatic carbocycles. The Bertz CT molecular complexity index is 1350. The molecule has 2 fully saturated rings. The topological polar surface area (TPSA) is 129 Å². The zero-order valence-electron chi connectivity index (χ0n) is 22.4. The van der Waals surface area contributed by atoms with Gasteiger partial charge < -0.3 is 24.1 Å². The van der Waals surface area contributed by atoms with E-state index in [0.717, 1.165) is 10.0 Å². The number of hydrazine groups is 1. The maximum absolute atomic E-state index is 12.5. The lowest BCUT2D eigenvalue weighted by molar-refractivity contribution is -0.313. The van der Waals surface area contributed by atoms with Crippen LogP contribution in [-0.2, 0) is 18.9 Å². The van der Waals surface area contributed by atoms with Crippen LogP contribution in [0.4, 0.5) is 4.79 Å². The summed E-state index contributed by atoms with van der Waals surface area (Å²) in [5.74, 6) is 0.817. The summed E-state index contributed by atoms with van der Waals surface area (Å²) in [5.41, 5.74) is 6.21. The van der Waals surface area contributed by atoms with Gasteiger partial charge in [-0.1, -0.05) is 41.9 Å². The average molecular weight is 637 g/mol. The first-order valence-electron chi connectivity index (χ1n) is 12.8. The number of hydrogen-bond donors (Lipinski definition) is 3. The molecule has 2 saturated heterocycles. The molecule has 5 rings (SSSR count). The molecule has 0 spiro atoms. The number of aliphatic hydroxyl groups is 1. The lowest BCUT2D eigenvalue weighted by atomic mass is 9.91. The van der Waals surface area contributed by atoms with Gasteiger partial charge in [0.1, 0.15) is 35.8 Å². The minimum absolute atomic E-state index is 0.173. The number of halogens is 2. The van der Waals surface area contributed by atoms with Crippen molar-refractivity contribution in [2.24, 2.45) is 0 Å². The highest BCUT2D eigenvalue weighted by Crippen LogP contribution is 2.39. The number of rotatable bonds is 5. The molecule has 13 heteroatoms. The van der Waals surface area contributed by atoms with E-state index in [1.807, 2.05) is 30.3 Å². The Labute approximate surface area is 245 Å². The van der Waals surface area contributed by atoms with Gasteiger partial charge in [0.25, 0.3) is 0 Å². The summed E-state index contributed by atoms with van der Waals surface area (Å²) in [7, 11) is 0. The van der Waals surface area contributed by atoms with Gasteiger partial charge >= 0.3 is 6.09 Å². The fourth-order valence-corrected chi connectivity index (χ4v) is 5.26. The van der Waals surface area contributed by atoms with Gasteiger partial charge in [-0.05, 0) is 61.8 Å². The van der Waals surface area contributed by atoms with Crippen molar-refractivity contribution in [3.63, 3.8) is 0 Å². The lowest BCUT2D eigenvalue weighted by Crippen LogP contribution is -2.66. The maximum Gasteiger partial charge on any atom is 0.422 e. The van der Waals surface area contributed by atoms with Crippen LogP contribution in [0.15, 0.2) is 53.0 Å². The highest BCUT2D eigenvalue weighted by Gasteiger charge is 2.51. The van der Waals surface area contributed by atoms with E-state index in [0.29, 0.717) is 22.4 Å². The first-order valence-corrected chi connectivity index (χ1v) is 14.0. The summed E-state index contributed by atoms with van der Waals surface area (Å²) >= 11 is 9.82. The molecule has 4 unspecified atom stereocenters. The van der Waals surface area contributed by atoms with Crippen molar-refractivity contribution in [2.75, 3.05) is 6.61 Å². The predicted octanol–water partition coefficient (Wildman–Crippen LogP) is 4.30. The van der Waals surface area contributed by atoms with Crippen molar-refractivity contribution >= 4 is 33.6 Å². The number of amides is 1. The Kier molecular flexibility index (Phi) is 8.48. The van der Waals surface area contributed by atoms with Crippen LogP contribution in [0.25, 0.3) is 5.69 Å². The highest BCUT2D eigenvalue weighted by molar-refractivity contribution is 9.10. The zero-order chi connectivity index (χ0) is 28.6. The van der Waals surface area contributed by atoms with Gasteiger partial charge in [0.05, 0.1) is 18.3 Å². The number of aliphatic hydroxyl groups excluding tert-OH is 1. The smallest absolute Gasteiger partial charge is 0.422 e. The second kappa shape index (κ2) is 11.7. The number of nitrogens with zero attached hydrogens (tertiary/aromatic N) is 3. The number of ether oxygens (including phenoxy) is 4. The minimum Gasteiger partial charge on any atom is -0.443 e. The van der Waals surface area contributed by atoms with E-state index in [1.54, 1.807) is 50.6 Å². The molecule has 2 aliphatic heterocycles. The second-order valence-corrected chi connectivity index (χ2v) is 11.9. The van der Waals surface area contributed by atoms with Crippen LogP contribution in [0.3, 0.4) is 0 Å². The van der Waals surface area contributed by atoms with E-state index in [2.05, 4.69) is 36.9 Å². The molecule has 1 aromatic heterocycles. The molecule has 3 heterocycles. The molecule has 6 atom stereocenters.